The maximum absolute atomic E-state index is 12.7. The van der Waals surface area contributed by atoms with E-state index in [9.17, 15) is 14.0 Å². The van der Waals surface area contributed by atoms with Gasteiger partial charge < -0.3 is 0 Å². The van der Waals surface area contributed by atoms with Crippen LogP contribution < -0.4 is 5.56 Å². The molecule has 0 fully saturated rings. The molecule has 0 radical (unpaired) electrons. The number of H-pyrrole nitrogens is 1. The van der Waals surface area contributed by atoms with E-state index in [4.69, 9.17) is 0 Å². The highest BCUT2D eigenvalue weighted by Gasteiger charge is 2.08. The van der Waals surface area contributed by atoms with Crippen LogP contribution in [0.3, 0.4) is 0 Å². The summed E-state index contributed by atoms with van der Waals surface area (Å²) >= 11 is 1.13. The minimum atomic E-state index is -1.14. The first-order chi connectivity index (χ1) is 5.69. The molecule has 1 N–H and O–H groups in total. The van der Waals surface area contributed by atoms with Gasteiger partial charge in [0.2, 0.25) is 5.82 Å². The average Bonchev–Trinajstić information content (AvgIpc) is 2.09. The molecule has 0 saturated heterocycles. The predicted molar refractivity (Wildman–Crippen MR) is 42.0 cm³/mol. The largest absolute Gasteiger partial charge is 0.299 e. The van der Waals surface area contributed by atoms with Crippen LogP contribution in [0, 0.1) is 5.82 Å². The Labute approximate surface area is 71.2 Å². The lowest BCUT2D eigenvalue weighted by molar-refractivity contribution is 0.111. The fraction of sp³-hybridized carbons (Fsp3) is 0.167. The topological polar surface area (TPSA) is 62.8 Å². The zero-order chi connectivity index (χ0) is 9.14. The second kappa shape index (κ2) is 3.48. The van der Waals surface area contributed by atoms with Crippen molar-refractivity contribution in [1.82, 2.24) is 9.97 Å². The zero-order valence-electron chi connectivity index (χ0n) is 6.13. The molecule has 0 bridgehead atoms. The van der Waals surface area contributed by atoms with Gasteiger partial charge in [0.1, 0.15) is 5.69 Å². The molecular formula is C6H5FN2O2S. The number of aldehydes is 1. The van der Waals surface area contributed by atoms with Gasteiger partial charge in [0.05, 0.1) is 0 Å². The summed E-state index contributed by atoms with van der Waals surface area (Å²) in [6.45, 7) is 0. The molecule has 0 amide bonds. The molecule has 0 atom stereocenters. The predicted octanol–water partition coefficient (Wildman–Crippen LogP) is 0.443. The van der Waals surface area contributed by atoms with Crippen LogP contribution in [-0.2, 0) is 0 Å². The van der Waals surface area contributed by atoms with Gasteiger partial charge in [-0.15, -0.1) is 0 Å². The molecule has 0 aliphatic rings. The first-order valence-electron chi connectivity index (χ1n) is 2.98. The summed E-state index contributed by atoms with van der Waals surface area (Å²) in [5, 5.41) is 0.225. The van der Waals surface area contributed by atoms with Crippen molar-refractivity contribution in [2.24, 2.45) is 0 Å². The molecule has 6 heteroatoms. The second-order valence-electron chi connectivity index (χ2n) is 1.89. The Morgan fingerprint density at radius 1 is 1.67 bits per heavy atom. The summed E-state index contributed by atoms with van der Waals surface area (Å²) in [4.78, 5) is 26.6. The van der Waals surface area contributed by atoms with Crippen LogP contribution in [0.5, 0.6) is 0 Å². The zero-order valence-corrected chi connectivity index (χ0v) is 6.94. The van der Waals surface area contributed by atoms with Gasteiger partial charge >= 0.3 is 0 Å². The molecule has 0 spiro atoms. The lowest BCUT2D eigenvalue weighted by atomic mass is 10.4. The monoisotopic (exact) mass is 188 g/mol. The number of carbonyl (C=O) groups excluding carboxylic acids is 1. The molecular weight excluding hydrogens is 183 g/mol. The van der Waals surface area contributed by atoms with Gasteiger partial charge in [-0.1, -0.05) is 11.8 Å². The van der Waals surface area contributed by atoms with Gasteiger partial charge in [0, 0.05) is 0 Å². The summed E-state index contributed by atoms with van der Waals surface area (Å²) in [5.41, 5.74) is -1.38. The van der Waals surface area contributed by atoms with E-state index in [1.165, 1.54) is 0 Å². The summed E-state index contributed by atoms with van der Waals surface area (Å²) < 4.78 is 12.7. The Hall–Kier alpha value is -1.17. The number of hydrogen-bond donors (Lipinski definition) is 1. The highest BCUT2D eigenvalue weighted by Crippen LogP contribution is 2.06. The smallest absolute Gasteiger partial charge is 0.288 e. The van der Waals surface area contributed by atoms with Crippen molar-refractivity contribution in [1.29, 1.82) is 0 Å². The summed E-state index contributed by atoms with van der Waals surface area (Å²) in [5.74, 6) is -1.14. The van der Waals surface area contributed by atoms with E-state index in [-0.39, 0.29) is 11.4 Å². The van der Waals surface area contributed by atoms with Crippen molar-refractivity contribution in [3.63, 3.8) is 0 Å². The molecule has 64 valence electrons. The molecule has 1 aromatic rings. The van der Waals surface area contributed by atoms with Crippen molar-refractivity contribution in [2.45, 2.75) is 5.16 Å². The molecule has 0 saturated carbocycles. The van der Waals surface area contributed by atoms with Gasteiger partial charge in [-0.2, -0.15) is 4.39 Å². The maximum atomic E-state index is 12.7. The molecule has 0 aromatic carbocycles. The first-order valence-corrected chi connectivity index (χ1v) is 4.20. The van der Waals surface area contributed by atoms with Gasteiger partial charge in [-0.3, -0.25) is 14.6 Å². The lowest BCUT2D eigenvalue weighted by Crippen LogP contribution is -2.16. The van der Waals surface area contributed by atoms with Crippen molar-refractivity contribution < 1.29 is 9.18 Å². The highest BCUT2D eigenvalue weighted by molar-refractivity contribution is 7.98. The van der Waals surface area contributed by atoms with Gasteiger partial charge in [0.15, 0.2) is 11.4 Å². The van der Waals surface area contributed by atoms with Gasteiger partial charge in [0.25, 0.3) is 5.56 Å². The highest BCUT2D eigenvalue weighted by atomic mass is 32.2. The Morgan fingerprint density at radius 2 is 2.33 bits per heavy atom. The van der Waals surface area contributed by atoms with Gasteiger partial charge in [-0.25, -0.2) is 4.98 Å². The molecule has 0 unspecified atom stereocenters. The molecule has 1 rings (SSSR count). The normalized spacial score (nSPS) is 9.83. The Kier molecular flexibility index (Phi) is 2.59. The third-order valence-corrected chi connectivity index (χ3v) is 1.75. The van der Waals surface area contributed by atoms with Crippen LogP contribution in [0.25, 0.3) is 0 Å². The van der Waals surface area contributed by atoms with Crippen LogP contribution >= 0.6 is 11.8 Å². The molecule has 12 heavy (non-hydrogen) atoms. The van der Waals surface area contributed by atoms with E-state index in [0.717, 1.165) is 11.8 Å². The Balaban J connectivity index is 3.38. The SMILES string of the molecule is CSc1nc(C=O)c(F)c(=O)[nH]1. The standard InChI is InChI=1S/C6H5FN2O2S/c1-12-6-8-3(2-10)4(7)5(11)9-6/h2H,1H3,(H,8,9,11). The van der Waals surface area contributed by atoms with Crippen LogP contribution in [0.2, 0.25) is 0 Å². The fourth-order valence-corrected chi connectivity index (χ4v) is 1.01. The molecule has 0 aliphatic carbocycles. The minimum absolute atomic E-state index is 0.213. The van der Waals surface area contributed by atoms with Crippen LogP contribution in [0.1, 0.15) is 10.5 Å². The van der Waals surface area contributed by atoms with Gasteiger partial charge in [-0.05, 0) is 6.26 Å². The van der Waals surface area contributed by atoms with Crippen molar-refractivity contribution in [3.8, 4) is 0 Å². The number of nitrogens with zero attached hydrogens (tertiary/aromatic N) is 1. The molecule has 1 heterocycles. The summed E-state index contributed by atoms with van der Waals surface area (Å²) in [6, 6.07) is 0. The third kappa shape index (κ3) is 1.53. The number of carbonyl (C=O) groups is 1. The average molecular weight is 188 g/mol. The molecule has 4 nitrogen and oxygen atoms in total. The van der Waals surface area contributed by atoms with Crippen molar-refractivity contribution in [3.05, 3.63) is 21.9 Å². The van der Waals surface area contributed by atoms with E-state index in [1.807, 2.05) is 0 Å². The van der Waals surface area contributed by atoms with E-state index in [0.29, 0.717) is 0 Å². The van der Waals surface area contributed by atoms with Crippen molar-refractivity contribution in [2.75, 3.05) is 6.26 Å². The van der Waals surface area contributed by atoms with E-state index >= 15 is 0 Å². The second-order valence-corrected chi connectivity index (χ2v) is 2.69. The number of halogens is 1. The first kappa shape index (κ1) is 8.92. The number of hydrogen-bond acceptors (Lipinski definition) is 4. The maximum Gasteiger partial charge on any atom is 0.288 e. The number of thioether (sulfide) groups is 1. The van der Waals surface area contributed by atoms with E-state index in [1.54, 1.807) is 6.26 Å². The lowest BCUT2D eigenvalue weighted by Gasteiger charge is -1.96. The summed E-state index contributed by atoms with van der Waals surface area (Å²) in [7, 11) is 0. The van der Waals surface area contributed by atoms with Crippen LogP contribution in [0.15, 0.2) is 9.95 Å². The van der Waals surface area contributed by atoms with Crippen molar-refractivity contribution >= 4 is 18.0 Å². The molecule has 0 aliphatic heterocycles. The minimum Gasteiger partial charge on any atom is -0.299 e. The Morgan fingerprint density at radius 3 is 2.83 bits per heavy atom. The fourth-order valence-electron chi connectivity index (χ4n) is 0.630. The number of aromatic amines is 1. The molecule has 1 aromatic heterocycles. The number of nitrogens with one attached hydrogen (secondary N) is 1. The summed E-state index contributed by atoms with van der Waals surface area (Å²) in [6.07, 6.45) is 1.87. The number of aromatic nitrogens is 2. The third-order valence-electron chi connectivity index (χ3n) is 1.17. The number of rotatable bonds is 2. The van der Waals surface area contributed by atoms with E-state index < -0.39 is 17.1 Å². The van der Waals surface area contributed by atoms with Crippen LogP contribution in [-0.4, -0.2) is 22.5 Å². The van der Waals surface area contributed by atoms with E-state index in [2.05, 4.69) is 9.97 Å². The quantitative estimate of drug-likeness (QED) is 0.415. The van der Waals surface area contributed by atoms with Crippen LogP contribution in [0.4, 0.5) is 4.39 Å². The Bertz CT molecular complexity index is 363.